The molecule has 2 aromatic carbocycles. The molecule has 3 unspecified atom stereocenters. The molecule has 0 saturated heterocycles. The van der Waals surface area contributed by atoms with Gasteiger partial charge in [0.05, 0.1) is 33.7 Å². The predicted octanol–water partition coefficient (Wildman–Crippen LogP) is 3.91. The molecule has 10 nitrogen and oxygen atoms in total. The van der Waals surface area contributed by atoms with Gasteiger partial charge in [0.25, 0.3) is 0 Å². The second kappa shape index (κ2) is 9.87. The van der Waals surface area contributed by atoms with Crippen LogP contribution in [0.2, 0.25) is 0 Å². The Morgan fingerprint density at radius 2 is 1.76 bits per heavy atom. The molecule has 3 heterocycles. The van der Waals surface area contributed by atoms with Crippen LogP contribution in [-0.2, 0) is 9.84 Å². The SMILES string of the molecule is CC(c1ccc(-n2cncn2)cc1)N1c2ccc(-c3cccc(S(C)(=O)=O)c3)nc2C(N)N(C2(C(F)(F)F)CC2)C1N. The van der Waals surface area contributed by atoms with Gasteiger partial charge >= 0.3 is 6.18 Å². The van der Waals surface area contributed by atoms with E-state index in [-0.39, 0.29) is 23.4 Å². The number of halogens is 3. The Morgan fingerprint density at radius 1 is 1.05 bits per heavy atom. The van der Waals surface area contributed by atoms with Crippen LogP contribution in [0, 0.1) is 0 Å². The van der Waals surface area contributed by atoms with E-state index in [2.05, 4.69) is 10.1 Å². The van der Waals surface area contributed by atoms with E-state index in [4.69, 9.17) is 16.5 Å². The summed E-state index contributed by atoms with van der Waals surface area (Å²) >= 11 is 0. The Morgan fingerprint density at radius 3 is 2.36 bits per heavy atom. The molecule has 1 saturated carbocycles. The Balaban J connectivity index is 1.45. The molecule has 0 bridgehead atoms. The smallest absolute Gasteiger partial charge is 0.335 e. The average Bonchev–Trinajstić information content (AvgIpc) is 3.58. The van der Waals surface area contributed by atoms with Crippen LogP contribution in [0.15, 0.2) is 78.2 Å². The summed E-state index contributed by atoms with van der Waals surface area (Å²) in [7, 11) is -3.49. The third-order valence-electron chi connectivity index (χ3n) is 8.11. The van der Waals surface area contributed by atoms with E-state index in [1.165, 1.54) is 18.5 Å². The number of anilines is 1. The van der Waals surface area contributed by atoms with Crippen molar-refractivity contribution in [1.82, 2.24) is 24.6 Å². The highest BCUT2D eigenvalue weighted by Gasteiger charge is 2.70. The number of nitrogens with zero attached hydrogens (tertiary/aromatic N) is 6. The lowest BCUT2D eigenvalue weighted by molar-refractivity contribution is -0.212. The lowest BCUT2D eigenvalue weighted by atomic mass is 10.00. The molecule has 4 aromatic rings. The van der Waals surface area contributed by atoms with E-state index < -0.39 is 40.0 Å². The molecule has 6 rings (SSSR count). The van der Waals surface area contributed by atoms with Crippen LogP contribution in [0.1, 0.15) is 43.2 Å². The predicted molar refractivity (Wildman–Crippen MR) is 150 cm³/mol. The van der Waals surface area contributed by atoms with Gasteiger partial charge in [0.1, 0.15) is 30.6 Å². The third kappa shape index (κ3) is 4.64. The van der Waals surface area contributed by atoms with E-state index >= 15 is 0 Å². The maximum absolute atomic E-state index is 14.5. The maximum atomic E-state index is 14.5. The van der Waals surface area contributed by atoms with E-state index in [1.54, 1.807) is 40.2 Å². The van der Waals surface area contributed by atoms with E-state index in [1.807, 2.05) is 31.2 Å². The number of aromatic nitrogens is 4. The fraction of sp³-hybridized carbons (Fsp3) is 0.321. The zero-order valence-corrected chi connectivity index (χ0v) is 23.6. The summed E-state index contributed by atoms with van der Waals surface area (Å²) in [4.78, 5) is 11.6. The summed E-state index contributed by atoms with van der Waals surface area (Å²) in [5.74, 6) is 0. The minimum Gasteiger partial charge on any atom is -0.335 e. The number of benzene rings is 2. The van der Waals surface area contributed by atoms with Gasteiger partial charge in [-0.2, -0.15) is 18.3 Å². The summed E-state index contributed by atoms with van der Waals surface area (Å²) in [6, 6.07) is 16.6. The second-order valence-electron chi connectivity index (χ2n) is 10.7. The topological polar surface area (TPSA) is 136 Å². The first kappa shape index (κ1) is 28.3. The fourth-order valence-electron chi connectivity index (χ4n) is 5.69. The quantitative estimate of drug-likeness (QED) is 0.339. The standard InChI is InChI=1S/C28H29F3N8O2S/c1-17(18-6-8-20(9-7-18)37-16-34-15-35-37)38-23-11-10-22(19-4-3-5-21(14-19)42(2,40)41)36-24(23)25(32)39(26(38)33)27(12-13-27)28(29,30)31/h3-11,14-17,25-26H,12-13,32-33H2,1-2H3. The molecule has 0 spiro atoms. The number of hydrogen-bond acceptors (Lipinski definition) is 9. The molecule has 220 valence electrons. The summed E-state index contributed by atoms with van der Waals surface area (Å²) in [6.07, 6.45) is -3.18. The van der Waals surface area contributed by atoms with Crippen molar-refractivity contribution in [3.63, 3.8) is 0 Å². The summed E-state index contributed by atoms with van der Waals surface area (Å²) in [6.45, 7) is 1.86. The highest BCUT2D eigenvalue weighted by Crippen LogP contribution is 2.58. The van der Waals surface area contributed by atoms with E-state index in [0.717, 1.165) is 22.4 Å². The van der Waals surface area contributed by atoms with Gasteiger partial charge < -0.3 is 10.6 Å². The van der Waals surface area contributed by atoms with Gasteiger partial charge in [-0.05, 0) is 61.7 Å². The number of sulfone groups is 1. The maximum Gasteiger partial charge on any atom is 0.406 e. The zero-order valence-electron chi connectivity index (χ0n) is 22.8. The van der Waals surface area contributed by atoms with Gasteiger partial charge in [-0.3, -0.25) is 5.73 Å². The van der Waals surface area contributed by atoms with Crippen molar-refractivity contribution < 1.29 is 21.6 Å². The minimum absolute atomic E-state index is 0.103. The van der Waals surface area contributed by atoms with Crippen LogP contribution in [-0.4, -0.2) is 57.3 Å². The molecular formula is C28H29F3N8O2S. The van der Waals surface area contributed by atoms with Crippen molar-refractivity contribution >= 4 is 15.5 Å². The zero-order chi connectivity index (χ0) is 30.0. The van der Waals surface area contributed by atoms with Crippen molar-refractivity contribution in [2.75, 3.05) is 11.2 Å². The van der Waals surface area contributed by atoms with Crippen LogP contribution in [0.3, 0.4) is 0 Å². The Kier molecular flexibility index (Phi) is 6.64. The first-order valence-electron chi connectivity index (χ1n) is 13.2. The van der Waals surface area contributed by atoms with Crippen molar-refractivity contribution in [1.29, 1.82) is 0 Å². The molecule has 42 heavy (non-hydrogen) atoms. The van der Waals surface area contributed by atoms with Crippen LogP contribution >= 0.6 is 0 Å². The van der Waals surface area contributed by atoms with Crippen molar-refractivity contribution in [2.45, 2.75) is 54.9 Å². The summed E-state index contributed by atoms with van der Waals surface area (Å²) in [5, 5.41) is 4.13. The fourth-order valence-corrected chi connectivity index (χ4v) is 6.36. The molecule has 1 fully saturated rings. The largest absolute Gasteiger partial charge is 0.406 e. The number of rotatable bonds is 6. The highest BCUT2D eigenvalue weighted by molar-refractivity contribution is 7.90. The first-order valence-corrected chi connectivity index (χ1v) is 15.1. The molecule has 14 heteroatoms. The van der Waals surface area contributed by atoms with Gasteiger partial charge in [-0.15, -0.1) is 0 Å². The first-order chi connectivity index (χ1) is 19.8. The summed E-state index contributed by atoms with van der Waals surface area (Å²) in [5.41, 5.74) is 14.2. The molecular weight excluding hydrogens is 569 g/mol. The van der Waals surface area contributed by atoms with Crippen molar-refractivity contribution in [3.8, 4) is 16.9 Å². The minimum atomic E-state index is -4.56. The van der Waals surface area contributed by atoms with Gasteiger partial charge in [-0.25, -0.2) is 28.0 Å². The Labute approximate surface area is 240 Å². The molecule has 2 aliphatic rings. The van der Waals surface area contributed by atoms with Crippen LogP contribution in [0.4, 0.5) is 18.9 Å². The van der Waals surface area contributed by atoms with Gasteiger partial charge in [0.15, 0.2) is 9.84 Å². The van der Waals surface area contributed by atoms with Gasteiger partial charge in [-0.1, -0.05) is 24.3 Å². The monoisotopic (exact) mass is 598 g/mol. The average molecular weight is 599 g/mol. The highest BCUT2D eigenvalue weighted by atomic mass is 32.2. The number of nitrogens with two attached hydrogens (primary N) is 2. The lowest BCUT2D eigenvalue weighted by Gasteiger charge is -2.52. The normalized spacial score (nSPS) is 21.2. The Bertz CT molecular complexity index is 1720. The van der Waals surface area contributed by atoms with Crippen LogP contribution in [0.5, 0.6) is 0 Å². The molecule has 0 radical (unpaired) electrons. The van der Waals surface area contributed by atoms with Crippen molar-refractivity contribution in [3.05, 3.63) is 84.6 Å². The number of hydrogen-bond donors (Lipinski definition) is 2. The van der Waals surface area contributed by atoms with Gasteiger partial charge in [0, 0.05) is 11.8 Å². The third-order valence-corrected chi connectivity index (χ3v) is 9.22. The van der Waals surface area contributed by atoms with Gasteiger partial charge in [0.2, 0.25) is 0 Å². The van der Waals surface area contributed by atoms with E-state index in [9.17, 15) is 21.6 Å². The Hall–Kier alpha value is -3.85. The second-order valence-corrected chi connectivity index (χ2v) is 12.7. The van der Waals surface area contributed by atoms with Crippen molar-refractivity contribution in [2.24, 2.45) is 11.5 Å². The molecule has 0 amide bonds. The molecule has 1 aliphatic carbocycles. The van der Waals surface area contributed by atoms with E-state index in [0.29, 0.717) is 16.9 Å². The molecule has 1 aliphatic heterocycles. The molecule has 2 aromatic heterocycles. The molecule has 3 atom stereocenters. The number of pyridine rings is 1. The number of alkyl halides is 3. The molecule has 4 N–H and O–H groups in total. The number of fused-ring (bicyclic) bond motifs is 1. The van der Waals surface area contributed by atoms with Crippen LogP contribution < -0.4 is 16.4 Å². The lowest BCUT2D eigenvalue weighted by Crippen LogP contribution is -2.67. The van der Waals surface area contributed by atoms with Crippen LogP contribution in [0.25, 0.3) is 16.9 Å². The summed E-state index contributed by atoms with van der Waals surface area (Å²) < 4.78 is 69.3.